The molecule has 10 nitrogen and oxygen atoms in total. The van der Waals surface area contributed by atoms with Gasteiger partial charge in [0, 0.05) is 34.4 Å². The third-order valence-electron chi connectivity index (χ3n) is 6.89. The molecule has 3 N–H and O–H groups in total. The molecular weight excluding hydrogens is 579 g/mol. The van der Waals surface area contributed by atoms with Crippen LogP contribution in [-0.4, -0.2) is 57.6 Å². The molecular formula is C30H32Cl2N6O4. The number of carbonyl (C=O) groups is 3. The Balaban J connectivity index is 1.43. The van der Waals surface area contributed by atoms with Crippen molar-refractivity contribution in [3.63, 3.8) is 0 Å². The maximum absolute atomic E-state index is 13.8. The summed E-state index contributed by atoms with van der Waals surface area (Å²) in [4.78, 5) is 42.1. The predicted octanol–water partition coefficient (Wildman–Crippen LogP) is 6.58. The highest BCUT2D eigenvalue weighted by atomic mass is 35.5. The highest BCUT2D eigenvalue weighted by molar-refractivity contribution is 6.31. The number of carbonyl (C=O) groups excluding carboxylic acids is 3. The van der Waals surface area contributed by atoms with Crippen LogP contribution in [0.3, 0.4) is 0 Å². The van der Waals surface area contributed by atoms with Gasteiger partial charge < -0.3 is 10.2 Å². The molecule has 42 heavy (non-hydrogen) atoms. The van der Waals surface area contributed by atoms with E-state index in [4.69, 9.17) is 23.2 Å². The van der Waals surface area contributed by atoms with Crippen molar-refractivity contribution in [2.45, 2.75) is 44.8 Å². The average Bonchev–Trinajstić information content (AvgIpc) is 3.17. The quantitative estimate of drug-likeness (QED) is 0.104. The first-order chi connectivity index (χ1) is 20.1. The lowest BCUT2D eigenvalue weighted by Gasteiger charge is -2.38. The van der Waals surface area contributed by atoms with Crippen LogP contribution in [-0.2, 0) is 4.79 Å². The summed E-state index contributed by atoms with van der Waals surface area (Å²) < 4.78 is 0. The van der Waals surface area contributed by atoms with E-state index in [1.54, 1.807) is 73.5 Å². The van der Waals surface area contributed by atoms with E-state index in [-0.39, 0.29) is 12.3 Å². The number of hydroxylamine groups is 2. The van der Waals surface area contributed by atoms with Crippen LogP contribution in [0, 0.1) is 0 Å². The smallest absolute Gasteiger partial charge is 0.315 e. The van der Waals surface area contributed by atoms with Gasteiger partial charge in [0.05, 0.1) is 11.8 Å². The number of urea groups is 2. The summed E-state index contributed by atoms with van der Waals surface area (Å²) in [5.74, 6) is -0.240. The Hall–Kier alpha value is -4.12. The molecule has 1 heterocycles. The second-order valence-corrected chi connectivity index (χ2v) is 11.1. The van der Waals surface area contributed by atoms with Gasteiger partial charge in [-0.1, -0.05) is 53.5 Å². The van der Waals surface area contributed by atoms with Gasteiger partial charge in [-0.25, -0.2) is 15.0 Å². The van der Waals surface area contributed by atoms with E-state index in [0.29, 0.717) is 45.9 Å². The minimum Gasteiger partial charge on any atom is -0.315 e. The molecule has 0 bridgehead atoms. The summed E-state index contributed by atoms with van der Waals surface area (Å²) in [5, 5.41) is 19.3. The number of benzene rings is 3. The second kappa shape index (κ2) is 13.7. The van der Waals surface area contributed by atoms with Gasteiger partial charge in [-0.05, 0) is 80.8 Å². The number of nitrogens with zero attached hydrogens (tertiary/aromatic N) is 4. The van der Waals surface area contributed by atoms with Crippen molar-refractivity contribution in [2.75, 3.05) is 16.8 Å². The zero-order valence-corrected chi connectivity index (χ0v) is 24.7. The Bertz CT molecular complexity index is 1420. The number of halogens is 2. The van der Waals surface area contributed by atoms with E-state index in [2.05, 4.69) is 15.8 Å². The maximum atomic E-state index is 13.8. The number of hydrogen-bond acceptors (Lipinski definition) is 5. The standard InChI is InChI=1S/C30H32Cl2N6O4/c1-30(2)27(38(42)28(40)34-24-15-11-22(31)12-16-24)37(25-17-13-23(32)14-18-25)29(41)36(30)19-7-6-10-26(39)35-33-20-21-8-4-3-5-9-21/h3-5,8-9,11-18,20,27,42H,6-7,10,19H2,1-2H3,(H,34,40)(H,35,39)/b33-20-. The van der Waals surface area contributed by atoms with Crippen LogP contribution < -0.4 is 15.6 Å². The Morgan fingerprint density at radius 1 is 0.976 bits per heavy atom. The van der Waals surface area contributed by atoms with Gasteiger partial charge in [0.15, 0.2) is 6.17 Å². The van der Waals surface area contributed by atoms with Crippen LogP contribution in [0.2, 0.25) is 10.0 Å². The van der Waals surface area contributed by atoms with Crippen molar-refractivity contribution >= 4 is 58.8 Å². The largest absolute Gasteiger partial charge is 0.347 e. The molecule has 0 saturated carbocycles. The van der Waals surface area contributed by atoms with Gasteiger partial charge in [-0.3, -0.25) is 14.9 Å². The fourth-order valence-electron chi connectivity index (χ4n) is 4.74. The Morgan fingerprint density at radius 3 is 2.24 bits per heavy atom. The van der Waals surface area contributed by atoms with Crippen LogP contribution in [0.4, 0.5) is 21.0 Å². The number of hydrazone groups is 1. The van der Waals surface area contributed by atoms with Crippen LogP contribution in [0.5, 0.6) is 0 Å². The van der Waals surface area contributed by atoms with E-state index < -0.39 is 23.8 Å². The number of hydrogen-bond donors (Lipinski definition) is 3. The molecule has 0 spiro atoms. The minimum absolute atomic E-state index is 0.217. The normalized spacial score (nSPS) is 16.1. The van der Waals surface area contributed by atoms with Gasteiger partial charge in [-0.2, -0.15) is 10.2 Å². The highest BCUT2D eigenvalue weighted by Gasteiger charge is 2.55. The molecule has 1 unspecified atom stereocenters. The van der Waals surface area contributed by atoms with E-state index in [9.17, 15) is 19.6 Å². The fourth-order valence-corrected chi connectivity index (χ4v) is 4.99. The van der Waals surface area contributed by atoms with Gasteiger partial charge >= 0.3 is 12.1 Å². The molecule has 1 fully saturated rings. The number of unbranched alkanes of at least 4 members (excludes halogenated alkanes) is 1. The summed E-state index contributed by atoms with van der Waals surface area (Å²) in [6, 6.07) is 21.2. The van der Waals surface area contributed by atoms with Gasteiger partial charge in [0.1, 0.15) is 0 Å². The third-order valence-corrected chi connectivity index (χ3v) is 7.39. The van der Waals surface area contributed by atoms with E-state index in [1.165, 1.54) is 4.90 Å². The lowest BCUT2D eigenvalue weighted by molar-refractivity contribution is -0.121. The van der Waals surface area contributed by atoms with Crippen molar-refractivity contribution < 1.29 is 19.6 Å². The molecule has 1 aliphatic heterocycles. The lowest BCUT2D eigenvalue weighted by Crippen LogP contribution is -2.58. The van der Waals surface area contributed by atoms with Crippen molar-refractivity contribution in [2.24, 2.45) is 5.10 Å². The summed E-state index contributed by atoms with van der Waals surface area (Å²) in [6.07, 6.45) is 1.70. The van der Waals surface area contributed by atoms with Crippen molar-refractivity contribution in [1.29, 1.82) is 0 Å². The molecule has 1 saturated heterocycles. The molecule has 220 valence electrons. The summed E-state index contributed by atoms with van der Waals surface area (Å²) >= 11 is 12.0. The second-order valence-electron chi connectivity index (χ2n) is 10.3. The number of anilines is 2. The first-order valence-corrected chi connectivity index (χ1v) is 14.1. The van der Waals surface area contributed by atoms with E-state index in [0.717, 1.165) is 5.56 Å². The van der Waals surface area contributed by atoms with Crippen molar-refractivity contribution in [1.82, 2.24) is 15.4 Å². The molecule has 3 aromatic rings. The van der Waals surface area contributed by atoms with Crippen molar-refractivity contribution in [3.8, 4) is 0 Å². The molecule has 4 rings (SSSR count). The van der Waals surface area contributed by atoms with Gasteiger partial charge in [0.25, 0.3) is 0 Å². The first-order valence-electron chi connectivity index (χ1n) is 13.4. The topological polar surface area (TPSA) is 118 Å². The maximum Gasteiger partial charge on any atom is 0.347 e. The van der Waals surface area contributed by atoms with Crippen molar-refractivity contribution in [3.05, 3.63) is 94.5 Å². The minimum atomic E-state index is -1.09. The molecule has 1 aliphatic rings. The van der Waals surface area contributed by atoms with Crippen LogP contribution in [0.25, 0.3) is 0 Å². The molecule has 1 atom stereocenters. The monoisotopic (exact) mass is 610 g/mol. The van der Waals surface area contributed by atoms with Gasteiger partial charge in [0.2, 0.25) is 5.91 Å². The Labute approximate surface area is 254 Å². The Morgan fingerprint density at radius 2 is 1.60 bits per heavy atom. The zero-order valence-electron chi connectivity index (χ0n) is 23.2. The Kier molecular flexibility index (Phi) is 10.1. The van der Waals surface area contributed by atoms with Gasteiger partial charge in [-0.15, -0.1) is 0 Å². The SMILES string of the molecule is CC1(C)C(N(O)C(=O)Nc2ccc(Cl)cc2)N(c2ccc(Cl)cc2)C(=O)N1CCCCC(=O)N/N=C\c1ccccc1. The number of nitrogens with one attached hydrogen (secondary N) is 2. The lowest BCUT2D eigenvalue weighted by atomic mass is 9.99. The fraction of sp³-hybridized carbons (Fsp3) is 0.267. The molecule has 0 aromatic heterocycles. The third kappa shape index (κ3) is 7.39. The molecule has 5 amide bonds. The molecule has 0 radical (unpaired) electrons. The summed E-state index contributed by atoms with van der Waals surface area (Å²) in [5.41, 5.74) is 3.24. The summed E-state index contributed by atoms with van der Waals surface area (Å²) in [6.45, 7) is 3.84. The highest BCUT2D eigenvalue weighted by Crippen LogP contribution is 2.38. The van der Waals surface area contributed by atoms with Crippen LogP contribution >= 0.6 is 23.2 Å². The van der Waals surface area contributed by atoms with E-state index in [1.807, 2.05) is 30.3 Å². The number of rotatable bonds is 10. The van der Waals surface area contributed by atoms with E-state index >= 15 is 0 Å². The summed E-state index contributed by atoms with van der Waals surface area (Å²) in [7, 11) is 0. The molecule has 3 aromatic carbocycles. The predicted molar refractivity (Wildman–Crippen MR) is 164 cm³/mol. The molecule has 0 aliphatic carbocycles. The zero-order chi connectivity index (χ0) is 30.3. The van der Waals surface area contributed by atoms with Crippen LogP contribution in [0.15, 0.2) is 84.0 Å². The van der Waals surface area contributed by atoms with Crippen LogP contribution in [0.1, 0.15) is 38.7 Å². The first kappa shape index (κ1) is 30.8. The number of amides is 5. The average molecular weight is 612 g/mol. The molecule has 12 heteroatoms.